The van der Waals surface area contributed by atoms with Crippen molar-refractivity contribution >= 4 is 17.8 Å². The van der Waals surface area contributed by atoms with Crippen molar-refractivity contribution in [1.82, 2.24) is 10.8 Å². The van der Waals surface area contributed by atoms with Crippen LogP contribution in [-0.2, 0) is 14.4 Å². The van der Waals surface area contributed by atoms with Gasteiger partial charge in [0.2, 0.25) is 5.91 Å². The van der Waals surface area contributed by atoms with Crippen LogP contribution in [0.3, 0.4) is 0 Å². The predicted molar refractivity (Wildman–Crippen MR) is 72.4 cm³/mol. The summed E-state index contributed by atoms with van der Waals surface area (Å²) in [6.07, 6.45) is 1.04. The van der Waals surface area contributed by atoms with Crippen molar-refractivity contribution in [3.8, 4) is 0 Å². The van der Waals surface area contributed by atoms with E-state index in [0.717, 1.165) is 6.08 Å². The van der Waals surface area contributed by atoms with Gasteiger partial charge in [-0.2, -0.15) is 5.48 Å². The molecule has 6 nitrogen and oxygen atoms in total. The van der Waals surface area contributed by atoms with E-state index in [4.69, 9.17) is 0 Å². The highest BCUT2D eigenvalue weighted by atomic mass is 16.7. The average molecular weight is 276 g/mol. The number of nitrogens with one attached hydrogen (secondary N) is 2. The van der Waals surface area contributed by atoms with Gasteiger partial charge in [-0.1, -0.05) is 24.8 Å². The van der Waals surface area contributed by atoms with Crippen LogP contribution in [0.25, 0.3) is 0 Å². The molecule has 0 aliphatic heterocycles. The standard InChI is InChI=1S/C14H16N2O4/c1-4-11(17)15-14(2,3)13(19)20-16-12(18)10-8-6-5-7-9-10/h4-9H,1H2,2-3H3,(H,15,17)(H,16,18). The summed E-state index contributed by atoms with van der Waals surface area (Å²) >= 11 is 0. The lowest BCUT2D eigenvalue weighted by molar-refractivity contribution is -0.157. The van der Waals surface area contributed by atoms with Crippen molar-refractivity contribution in [3.63, 3.8) is 0 Å². The molecule has 1 rings (SSSR count). The second kappa shape index (κ2) is 6.51. The number of hydroxylamine groups is 1. The van der Waals surface area contributed by atoms with Crippen LogP contribution in [0.5, 0.6) is 0 Å². The van der Waals surface area contributed by atoms with Crippen LogP contribution in [0, 0.1) is 0 Å². The molecule has 0 spiro atoms. The molecule has 0 radical (unpaired) electrons. The van der Waals surface area contributed by atoms with Crippen molar-refractivity contribution in [2.75, 3.05) is 0 Å². The molecule has 0 atom stereocenters. The van der Waals surface area contributed by atoms with Gasteiger partial charge < -0.3 is 10.2 Å². The Hall–Kier alpha value is -2.63. The quantitative estimate of drug-likeness (QED) is 0.633. The Morgan fingerprint density at radius 3 is 2.35 bits per heavy atom. The fourth-order valence-corrected chi connectivity index (χ4v) is 1.28. The van der Waals surface area contributed by atoms with Gasteiger partial charge in [0.1, 0.15) is 5.54 Å². The first-order chi connectivity index (χ1) is 9.36. The second-order valence-corrected chi connectivity index (χ2v) is 4.51. The topological polar surface area (TPSA) is 84.5 Å². The normalized spacial score (nSPS) is 10.3. The summed E-state index contributed by atoms with van der Waals surface area (Å²) in [4.78, 5) is 39.3. The predicted octanol–water partition coefficient (Wildman–Crippen LogP) is 0.955. The molecule has 0 saturated carbocycles. The summed E-state index contributed by atoms with van der Waals surface area (Å²) in [6, 6.07) is 8.29. The summed E-state index contributed by atoms with van der Waals surface area (Å²) < 4.78 is 0. The third-order valence-corrected chi connectivity index (χ3v) is 2.40. The Labute approximate surface area is 116 Å². The summed E-state index contributed by atoms with van der Waals surface area (Å²) in [5.74, 6) is -1.86. The second-order valence-electron chi connectivity index (χ2n) is 4.51. The molecule has 0 aliphatic carbocycles. The van der Waals surface area contributed by atoms with Crippen LogP contribution >= 0.6 is 0 Å². The van der Waals surface area contributed by atoms with Crippen molar-refractivity contribution in [2.45, 2.75) is 19.4 Å². The largest absolute Gasteiger partial charge is 0.356 e. The van der Waals surface area contributed by atoms with Gasteiger partial charge in [-0.05, 0) is 32.1 Å². The third kappa shape index (κ3) is 4.24. The van der Waals surface area contributed by atoms with Crippen LogP contribution in [-0.4, -0.2) is 23.3 Å². The van der Waals surface area contributed by atoms with E-state index in [1.807, 2.05) is 5.48 Å². The molecule has 0 aromatic heterocycles. The van der Waals surface area contributed by atoms with Crippen LogP contribution in [0.4, 0.5) is 0 Å². The molecule has 0 fully saturated rings. The highest BCUT2D eigenvalue weighted by Gasteiger charge is 2.31. The Morgan fingerprint density at radius 2 is 1.80 bits per heavy atom. The highest BCUT2D eigenvalue weighted by Crippen LogP contribution is 2.05. The molecule has 0 unspecified atom stereocenters. The molecule has 2 N–H and O–H groups in total. The molecular weight excluding hydrogens is 260 g/mol. The zero-order valence-corrected chi connectivity index (χ0v) is 11.3. The SMILES string of the molecule is C=CC(=O)NC(C)(C)C(=O)ONC(=O)c1ccccc1. The maximum atomic E-state index is 11.8. The van der Waals surface area contributed by atoms with E-state index >= 15 is 0 Å². The van der Waals surface area contributed by atoms with Crippen molar-refractivity contribution in [2.24, 2.45) is 0 Å². The summed E-state index contributed by atoms with van der Waals surface area (Å²) in [6.45, 7) is 6.18. The molecule has 1 aromatic carbocycles. The van der Waals surface area contributed by atoms with E-state index in [2.05, 4.69) is 16.7 Å². The van der Waals surface area contributed by atoms with E-state index in [0.29, 0.717) is 5.56 Å². The number of hydrogen-bond acceptors (Lipinski definition) is 4. The number of amides is 2. The van der Waals surface area contributed by atoms with Gasteiger partial charge in [-0.3, -0.25) is 9.59 Å². The minimum atomic E-state index is -1.28. The fourth-order valence-electron chi connectivity index (χ4n) is 1.28. The van der Waals surface area contributed by atoms with Crippen molar-refractivity contribution < 1.29 is 19.2 Å². The Bertz CT molecular complexity index is 523. The summed E-state index contributed by atoms with van der Waals surface area (Å²) in [5, 5.41) is 2.39. The fraction of sp³-hybridized carbons (Fsp3) is 0.214. The van der Waals surface area contributed by atoms with Gasteiger partial charge in [-0.15, -0.1) is 0 Å². The molecule has 106 valence electrons. The Morgan fingerprint density at radius 1 is 1.20 bits per heavy atom. The molecule has 0 bridgehead atoms. The van der Waals surface area contributed by atoms with Crippen LogP contribution in [0.15, 0.2) is 43.0 Å². The minimum Gasteiger partial charge on any atom is -0.338 e. The Balaban J connectivity index is 2.57. The molecular formula is C14H16N2O4. The number of benzene rings is 1. The van der Waals surface area contributed by atoms with E-state index in [1.54, 1.807) is 30.3 Å². The maximum Gasteiger partial charge on any atom is 0.356 e. The molecule has 1 aromatic rings. The Kier molecular flexibility index (Phi) is 5.02. The molecule has 0 saturated heterocycles. The lowest BCUT2D eigenvalue weighted by Crippen LogP contribution is -2.51. The minimum absolute atomic E-state index is 0.355. The lowest BCUT2D eigenvalue weighted by atomic mass is 10.1. The van der Waals surface area contributed by atoms with Crippen molar-refractivity contribution in [3.05, 3.63) is 48.6 Å². The van der Waals surface area contributed by atoms with Crippen LogP contribution in [0.2, 0.25) is 0 Å². The van der Waals surface area contributed by atoms with Crippen molar-refractivity contribution in [1.29, 1.82) is 0 Å². The van der Waals surface area contributed by atoms with Gasteiger partial charge >= 0.3 is 5.97 Å². The summed E-state index contributed by atoms with van der Waals surface area (Å²) in [7, 11) is 0. The first-order valence-electron chi connectivity index (χ1n) is 5.88. The molecule has 0 aliphatic rings. The van der Waals surface area contributed by atoms with Gasteiger partial charge in [0.15, 0.2) is 0 Å². The third-order valence-electron chi connectivity index (χ3n) is 2.40. The smallest absolute Gasteiger partial charge is 0.338 e. The van der Waals surface area contributed by atoms with E-state index < -0.39 is 23.3 Å². The zero-order valence-electron chi connectivity index (χ0n) is 11.3. The maximum absolute atomic E-state index is 11.8. The van der Waals surface area contributed by atoms with Gasteiger partial charge in [0.25, 0.3) is 5.91 Å². The monoisotopic (exact) mass is 276 g/mol. The van der Waals surface area contributed by atoms with Crippen LogP contribution in [0.1, 0.15) is 24.2 Å². The molecule has 20 heavy (non-hydrogen) atoms. The van der Waals surface area contributed by atoms with E-state index in [1.165, 1.54) is 13.8 Å². The lowest BCUT2D eigenvalue weighted by Gasteiger charge is -2.22. The van der Waals surface area contributed by atoms with Gasteiger partial charge in [0.05, 0.1) is 0 Å². The summed E-state index contributed by atoms with van der Waals surface area (Å²) in [5.41, 5.74) is 1.10. The number of carbonyl (C=O) groups is 3. The van der Waals surface area contributed by atoms with E-state index in [9.17, 15) is 14.4 Å². The molecule has 2 amide bonds. The highest BCUT2D eigenvalue weighted by molar-refractivity contribution is 5.95. The number of carbonyl (C=O) groups excluding carboxylic acids is 3. The van der Waals surface area contributed by atoms with Gasteiger partial charge in [-0.25, -0.2) is 4.79 Å². The molecule has 0 heterocycles. The van der Waals surface area contributed by atoms with Gasteiger partial charge in [0, 0.05) is 5.56 Å². The van der Waals surface area contributed by atoms with Crippen LogP contribution < -0.4 is 10.8 Å². The first-order valence-corrected chi connectivity index (χ1v) is 5.88. The first kappa shape index (κ1) is 15.4. The molecule has 6 heteroatoms. The number of hydrogen-bond donors (Lipinski definition) is 2. The van der Waals surface area contributed by atoms with E-state index in [-0.39, 0.29) is 0 Å². The number of rotatable bonds is 4. The zero-order chi connectivity index (χ0) is 15.2. The average Bonchev–Trinajstić information content (AvgIpc) is 2.44.